The summed E-state index contributed by atoms with van der Waals surface area (Å²) < 4.78 is 5.19. The third kappa shape index (κ3) is 4.13. The van der Waals surface area contributed by atoms with Gasteiger partial charge in [0.2, 0.25) is 0 Å². The van der Waals surface area contributed by atoms with Gasteiger partial charge in [-0.15, -0.1) is 0 Å². The van der Waals surface area contributed by atoms with Gasteiger partial charge in [-0.05, 0) is 29.3 Å². The number of hydrogen-bond donors (Lipinski definition) is 1. The second-order valence-electron chi connectivity index (χ2n) is 4.21. The molecule has 4 heteroatoms. The van der Waals surface area contributed by atoms with Crippen molar-refractivity contribution in [2.75, 3.05) is 12.4 Å². The number of anilines is 1. The van der Waals surface area contributed by atoms with E-state index in [1.54, 1.807) is 13.2 Å². The standard InChI is InChI=1S/C15H15Cl2NO/c1-19-10-12-5-3-2-4-11(12)9-18-15-7-13(16)6-14(17)8-15/h2-8,18H,9-10H2,1H3. The Morgan fingerprint density at radius 3 is 2.26 bits per heavy atom. The Kier molecular flexibility index (Phi) is 5.08. The number of rotatable bonds is 5. The molecule has 0 saturated carbocycles. The fourth-order valence-corrected chi connectivity index (χ4v) is 2.41. The summed E-state index contributed by atoms with van der Waals surface area (Å²) in [6.45, 7) is 1.31. The first-order valence-electron chi connectivity index (χ1n) is 5.94. The predicted molar refractivity (Wildman–Crippen MR) is 80.9 cm³/mol. The Bertz CT molecular complexity index is 537. The van der Waals surface area contributed by atoms with Crippen molar-refractivity contribution >= 4 is 28.9 Å². The minimum Gasteiger partial charge on any atom is -0.381 e. The molecular formula is C15H15Cl2NO. The molecule has 0 fully saturated rings. The van der Waals surface area contributed by atoms with E-state index in [0.29, 0.717) is 23.2 Å². The zero-order chi connectivity index (χ0) is 13.7. The quantitative estimate of drug-likeness (QED) is 0.859. The van der Waals surface area contributed by atoms with Crippen LogP contribution in [0.15, 0.2) is 42.5 Å². The average molecular weight is 296 g/mol. The summed E-state index contributed by atoms with van der Waals surface area (Å²) in [4.78, 5) is 0. The molecule has 0 aliphatic heterocycles. The van der Waals surface area contributed by atoms with Crippen LogP contribution in [0.5, 0.6) is 0 Å². The zero-order valence-electron chi connectivity index (χ0n) is 10.6. The molecule has 0 spiro atoms. The van der Waals surface area contributed by atoms with E-state index in [2.05, 4.69) is 17.4 Å². The van der Waals surface area contributed by atoms with Gasteiger partial charge in [-0.3, -0.25) is 0 Å². The summed E-state index contributed by atoms with van der Waals surface area (Å²) in [5.74, 6) is 0. The number of ether oxygens (including phenoxy) is 1. The van der Waals surface area contributed by atoms with Crippen molar-refractivity contribution in [2.24, 2.45) is 0 Å². The minimum absolute atomic E-state index is 0.605. The summed E-state index contributed by atoms with van der Waals surface area (Å²) >= 11 is 11.9. The fourth-order valence-electron chi connectivity index (χ4n) is 1.88. The molecule has 1 N–H and O–H groups in total. The van der Waals surface area contributed by atoms with E-state index >= 15 is 0 Å². The maximum absolute atomic E-state index is 5.97. The predicted octanol–water partition coefficient (Wildman–Crippen LogP) is 4.75. The van der Waals surface area contributed by atoms with Crippen LogP contribution in [0.2, 0.25) is 10.0 Å². The van der Waals surface area contributed by atoms with Crippen LogP contribution in [0.3, 0.4) is 0 Å². The average Bonchev–Trinajstić information content (AvgIpc) is 2.37. The van der Waals surface area contributed by atoms with Gasteiger partial charge < -0.3 is 10.1 Å². The highest BCUT2D eigenvalue weighted by Gasteiger charge is 2.02. The fraction of sp³-hybridized carbons (Fsp3) is 0.200. The molecule has 0 aliphatic rings. The summed E-state index contributed by atoms with van der Waals surface area (Å²) in [7, 11) is 1.70. The van der Waals surface area contributed by atoms with Gasteiger partial charge in [0.15, 0.2) is 0 Å². The van der Waals surface area contributed by atoms with Gasteiger partial charge in [-0.1, -0.05) is 47.5 Å². The smallest absolute Gasteiger partial charge is 0.0716 e. The lowest BCUT2D eigenvalue weighted by molar-refractivity contribution is 0.184. The SMILES string of the molecule is COCc1ccccc1CNc1cc(Cl)cc(Cl)c1. The Morgan fingerprint density at radius 2 is 1.63 bits per heavy atom. The third-order valence-corrected chi connectivity index (χ3v) is 3.20. The summed E-state index contributed by atoms with van der Waals surface area (Å²) in [6.07, 6.45) is 0. The van der Waals surface area contributed by atoms with Crippen LogP contribution in [0, 0.1) is 0 Å². The molecular weight excluding hydrogens is 281 g/mol. The minimum atomic E-state index is 0.605. The van der Waals surface area contributed by atoms with Crippen molar-refractivity contribution in [3.63, 3.8) is 0 Å². The maximum Gasteiger partial charge on any atom is 0.0716 e. The number of hydrogen-bond acceptors (Lipinski definition) is 2. The van der Waals surface area contributed by atoms with E-state index in [1.807, 2.05) is 24.3 Å². The van der Waals surface area contributed by atoms with Gasteiger partial charge in [0.25, 0.3) is 0 Å². The molecule has 0 radical (unpaired) electrons. The molecule has 2 aromatic carbocycles. The van der Waals surface area contributed by atoms with E-state index in [4.69, 9.17) is 27.9 Å². The summed E-state index contributed by atoms with van der Waals surface area (Å²) in [5, 5.41) is 4.57. The normalized spacial score (nSPS) is 10.5. The molecule has 100 valence electrons. The summed E-state index contributed by atoms with van der Waals surface area (Å²) in [5.41, 5.74) is 3.27. The highest BCUT2D eigenvalue weighted by atomic mass is 35.5. The monoisotopic (exact) mass is 295 g/mol. The van der Waals surface area contributed by atoms with Crippen LogP contribution in [0.25, 0.3) is 0 Å². The van der Waals surface area contributed by atoms with E-state index < -0.39 is 0 Å². The lowest BCUT2D eigenvalue weighted by Crippen LogP contribution is -2.03. The summed E-state index contributed by atoms with van der Waals surface area (Å²) in [6, 6.07) is 13.6. The Morgan fingerprint density at radius 1 is 1.00 bits per heavy atom. The molecule has 2 aromatic rings. The van der Waals surface area contributed by atoms with Crippen molar-refractivity contribution in [1.82, 2.24) is 0 Å². The first-order valence-corrected chi connectivity index (χ1v) is 6.70. The number of methoxy groups -OCH3 is 1. The second kappa shape index (κ2) is 6.80. The van der Waals surface area contributed by atoms with E-state index in [9.17, 15) is 0 Å². The Balaban J connectivity index is 2.09. The zero-order valence-corrected chi connectivity index (χ0v) is 12.1. The van der Waals surface area contributed by atoms with E-state index in [0.717, 1.165) is 5.69 Å². The maximum atomic E-state index is 5.97. The Hall–Kier alpha value is -1.22. The van der Waals surface area contributed by atoms with Crippen molar-refractivity contribution in [2.45, 2.75) is 13.2 Å². The molecule has 2 rings (SSSR count). The third-order valence-electron chi connectivity index (χ3n) is 2.76. The van der Waals surface area contributed by atoms with Crippen LogP contribution >= 0.6 is 23.2 Å². The topological polar surface area (TPSA) is 21.3 Å². The van der Waals surface area contributed by atoms with Crippen LogP contribution in [-0.2, 0) is 17.9 Å². The van der Waals surface area contributed by atoms with Gasteiger partial charge in [-0.25, -0.2) is 0 Å². The number of nitrogens with one attached hydrogen (secondary N) is 1. The lowest BCUT2D eigenvalue weighted by Gasteiger charge is -2.11. The van der Waals surface area contributed by atoms with E-state index in [1.165, 1.54) is 11.1 Å². The van der Waals surface area contributed by atoms with Crippen molar-refractivity contribution in [1.29, 1.82) is 0 Å². The molecule has 0 aliphatic carbocycles. The molecule has 0 heterocycles. The molecule has 0 aromatic heterocycles. The molecule has 0 unspecified atom stereocenters. The van der Waals surface area contributed by atoms with E-state index in [-0.39, 0.29) is 0 Å². The largest absolute Gasteiger partial charge is 0.381 e. The van der Waals surface area contributed by atoms with Gasteiger partial charge in [0.1, 0.15) is 0 Å². The van der Waals surface area contributed by atoms with Crippen molar-refractivity contribution in [3.05, 3.63) is 63.6 Å². The van der Waals surface area contributed by atoms with Gasteiger partial charge in [0.05, 0.1) is 6.61 Å². The van der Waals surface area contributed by atoms with Crippen LogP contribution in [-0.4, -0.2) is 7.11 Å². The number of benzene rings is 2. The first-order chi connectivity index (χ1) is 9.19. The molecule has 2 nitrogen and oxygen atoms in total. The molecule has 0 bridgehead atoms. The van der Waals surface area contributed by atoms with Crippen LogP contribution in [0.4, 0.5) is 5.69 Å². The Labute approximate surface area is 123 Å². The van der Waals surface area contributed by atoms with Crippen molar-refractivity contribution < 1.29 is 4.74 Å². The molecule has 0 amide bonds. The number of halogens is 2. The van der Waals surface area contributed by atoms with Gasteiger partial charge in [0, 0.05) is 29.4 Å². The second-order valence-corrected chi connectivity index (χ2v) is 5.09. The molecule has 19 heavy (non-hydrogen) atoms. The first kappa shape index (κ1) is 14.2. The van der Waals surface area contributed by atoms with Crippen LogP contribution < -0.4 is 5.32 Å². The van der Waals surface area contributed by atoms with Crippen molar-refractivity contribution in [3.8, 4) is 0 Å². The highest BCUT2D eigenvalue weighted by molar-refractivity contribution is 6.35. The molecule has 0 atom stereocenters. The van der Waals surface area contributed by atoms with Crippen LogP contribution in [0.1, 0.15) is 11.1 Å². The molecule has 0 saturated heterocycles. The highest BCUT2D eigenvalue weighted by Crippen LogP contribution is 2.23. The lowest BCUT2D eigenvalue weighted by atomic mass is 10.1. The van der Waals surface area contributed by atoms with Gasteiger partial charge in [-0.2, -0.15) is 0 Å². The van der Waals surface area contributed by atoms with Gasteiger partial charge >= 0.3 is 0 Å².